The summed E-state index contributed by atoms with van der Waals surface area (Å²) in [6.07, 6.45) is 2.03. The molecular formula is C12H15N5O3. The van der Waals surface area contributed by atoms with Gasteiger partial charge in [-0.3, -0.25) is 10.1 Å². The number of carbonyl (C=O) groups excluding carboxylic acids is 1. The maximum absolute atomic E-state index is 12.0. The predicted molar refractivity (Wildman–Crippen MR) is 68.2 cm³/mol. The fourth-order valence-electron chi connectivity index (χ4n) is 2.22. The number of aryl methyl sites for hydroxylation is 2. The molecule has 1 atom stereocenters. The molecular weight excluding hydrogens is 262 g/mol. The van der Waals surface area contributed by atoms with Crippen LogP contribution in [0.2, 0.25) is 0 Å². The fraction of sp³-hybridized carbons (Fsp3) is 0.500. The van der Waals surface area contributed by atoms with E-state index in [1.54, 1.807) is 13.8 Å². The highest BCUT2D eigenvalue weighted by molar-refractivity contribution is 6.01. The van der Waals surface area contributed by atoms with E-state index < -0.39 is 5.91 Å². The molecule has 1 unspecified atom stereocenters. The average molecular weight is 277 g/mol. The highest BCUT2D eigenvalue weighted by atomic mass is 16.4. The summed E-state index contributed by atoms with van der Waals surface area (Å²) in [7, 11) is 0. The van der Waals surface area contributed by atoms with Gasteiger partial charge >= 0.3 is 6.01 Å². The third-order valence-corrected chi connectivity index (χ3v) is 3.13. The van der Waals surface area contributed by atoms with Crippen LogP contribution >= 0.6 is 0 Å². The molecule has 0 radical (unpaired) electrons. The summed E-state index contributed by atoms with van der Waals surface area (Å²) < 4.78 is 10.7. The molecule has 2 N–H and O–H groups in total. The van der Waals surface area contributed by atoms with Crippen molar-refractivity contribution in [1.82, 2.24) is 20.5 Å². The van der Waals surface area contributed by atoms with Crippen LogP contribution in [0.3, 0.4) is 0 Å². The second-order valence-corrected chi connectivity index (χ2v) is 4.70. The number of aromatic nitrogens is 3. The van der Waals surface area contributed by atoms with Gasteiger partial charge in [-0.1, -0.05) is 5.10 Å². The smallest absolute Gasteiger partial charge is 0.322 e. The minimum absolute atomic E-state index is 0.0622. The van der Waals surface area contributed by atoms with Crippen molar-refractivity contribution in [3.63, 3.8) is 0 Å². The highest BCUT2D eigenvalue weighted by Crippen LogP contribution is 2.23. The molecule has 0 aliphatic carbocycles. The van der Waals surface area contributed by atoms with Crippen LogP contribution in [0.1, 0.15) is 46.9 Å². The zero-order chi connectivity index (χ0) is 14.1. The van der Waals surface area contributed by atoms with Gasteiger partial charge in [0.25, 0.3) is 5.91 Å². The molecule has 8 nitrogen and oxygen atoms in total. The molecule has 1 aliphatic rings. The predicted octanol–water partition coefficient (Wildman–Crippen LogP) is 1.35. The van der Waals surface area contributed by atoms with Crippen molar-refractivity contribution in [2.24, 2.45) is 0 Å². The lowest BCUT2D eigenvalue weighted by Crippen LogP contribution is -2.13. The number of rotatable bonds is 3. The fourth-order valence-corrected chi connectivity index (χ4v) is 2.22. The lowest BCUT2D eigenvalue weighted by atomic mass is 10.2. The molecule has 0 bridgehead atoms. The lowest BCUT2D eigenvalue weighted by Gasteiger charge is -2.02. The number of oxazole rings is 1. The summed E-state index contributed by atoms with van der Waals surface area (Å²) in [6, 6.07) is 0.134. The first-order valence-electron chi connectivity index (χ1n) is 6.45. The van der Waals surface area contributed by atoms with Crippen LogP contribution in [0, 0.1) is 13.8 Å². The van der Waals surface area contributed by atoms with Gasteiger partial charge in [0, 0.05) is 6.92 Å². The molecule has 3 heterocycles. The van der Waals surface area contributed by atoms with Crippen molar-refractivity contribution in [3.8, 4) is 0 Å². The van der Waals surface area contributed by atoms with Crippen molar-refractivity contribution in [2.75, 3.05) is 11.9 Å². The van der Waals surface area contributed by atoms with Gasteiger partial charge in [-0.25, -0.2) is 4.98 Å². The van der Waals surface area contributed by atoms with E-state index in [0.717, 1.165) is 19.4 Å². The lowest BCUT2D eigenvalue weighted by molar-refractivity contribution is 0.0991. The zero-order valence-corrected chi connectivity index (χ0v) is 11.3. The van der Waals surface area contributed by atoms with Crippen LogP contribution in [0.25, 0.3) is 0 Å². The van der Waals surface area contributed by atoms with E-state index in [1.165, 1.54) is 0 Å². The first kappa shape index (κ1) is 12.8. The van der Waals surface area contributed by atoms with Crippen LogP contribution in [0.15, 0.2) is 8.83 Å². The molecule has 1 fully saturated rings. The first-order chi connectivity index (χ1) is 9.63. The molecule has 106 valence electrons. The van der Waals surface area contributed by atoms with Gasteiger partial charge in [-0.15, -0.1) is 5.10 Å². The normalized spacial score (nSPS) is 18.4. The Kier molecular flexibility index (Phi) is 3.23. The molecule has 0 saturated carbocycles. The van der Waals surface area contributed by atoms with Crippen molar-refractivity contribution < 1.29 is 13.6 Å². The maximum atomic E-state index is 12.0. The number of carbonyl (C=O) groups is 1. The Hall–Kier alpha value is -2.22. The van der Waals surface area contributed by atoms with Crippen LogP contribution in [0.4, 0.5) is 6.01 Å². The second-order valence-electron chi connectivity index (χ2n) is 4.70. The Balaban J connectivity index is 1.71. The molecule has 1 amide bonds. The van der Waals surface area contributed by atoms with Gasteiger partial charge in [0.2, 0.25) is 11.7 Å². The molecule has 8 heteroatoms. The molecule has 0 spiro atoms. The Labute approximate surface area is 115 Å². The summed E-state index contributed by atoms with van der Waals surface area (Å²) in [5, 5.41) is 13.5. The van der Waals surface area contributed by atoms with Gasteiger partial charge < -0.3 is 14.2 Å². The third kappa shape index (κ3) is 2.42. The number of nitrogens with zero attached hydrogens (tertiary/aromatic N) is 3. The van der Waals surface area contributed by atoms with Gasteiger partial charge in [0.05, 0.1) is 11.7 Å². The highest BCUT2D eigenvalue weighted by Gasteiger charge is 2.23. The number of nitrogens with one attached hydrogen (secondary N) is 2. The number of amides is 1. The molecule has 1 saturated heterocycles. The van der Waals surface area contributed by atoms with E-state index in [0.29, 0.717) is 17.5 Å². The van der Waals surface area contributed by atoms with Gasteiger partial charge in [0.15, 0.2) is 5.89 Å². The summed E-state index contributed by atoms with van der Waals surface area (Å²) in [5.74, 6) is 0.635. The average Bonchev–Trinajstić information content (AvgIpc) is 3.09. The molecule has 2 aromatic rings. The minimum Gasteiger partial charge on any atom is -0.436 e. The topological polar surface area (TPSA) is 106 Å². The quantitative estimate of drug-likeness (QED) is 0.872. The first-order valence-corrected chi connectivity index (χ1v) is 6.45. The largest absolute Gasteiger partial charge is 0.436 e. The monoisotopic (exact) mass is 277 g/mol. The molecule has 3 rings (SSSR count). The molecule has 1 aliphatic heterocycles. The van der Waals surface area contributed by atoms with Gasteiger partial charge in [0.1, 0.15) is 0 Å². The van der Waals surface area contributed by atoms with Gasteiger partial charge in [-0.2, -0.15) is 0 Å². The van der Waals surface area contributed by atoms with Crippen LogP contribution in [-0.2, 0) is 0 Å². The summed E-state index contributed by atoms with van der Waals surface area (Å²) in [6.45, 7) is 4.32. The number of hydrogen-bond donors (Lipinski definition) is 2. The van der Waals surface area contributed by atoms with Crippen molar-refractivity contribution in [2.45, 2.75) is 32.7 Å². The van der Waals surface area contributed by atoms with Crippen LogP contribution in [0.5, 0.6) is 0 Å². The van der Waals surface area contributed by atoms with E-state index >= 15 is 0 Å². The van der Waals surface area contributed by atoms with E-state index in [-0.39, 0.29) is 17.8 Å². The Morgan fingerprint density at radius 1 is 1.35 bits per heavy atom. The second kappa shape index (κ2) is 5.04. The van der Waals surface area contributed by atoms with Crippen molar-refractivity contribution in [3.05, 3.63) is 23.2 Å². The number of anilines is 1. The van der Waals surface area contributed by atoms with E-state index in [4.69, 9.17) is 8.83 Å². The van der Waals surface area contributed by atoms with Crippen molar-refractivity contribution >= 4 is 11.9 Å². The van der Waals surface area contributed by atoms with E-state index in [9.17, 15) is 4.79 Å². The minimum atomic E-state index is -0.447. The summed E-state index contributed by atoms with van der Waals surface area (Å²) in [4.78, 5) is 16.0. The zero-order valence-electron chi connectivity index (χ0n) is 11.3. The van der Waals surface area contributed by atoms with E-state index in [2.05, 4.69) is 25.8 Å². The molecule has 20 heavy (non-hydrogen) atoms. The Morgan fingerprint density at radius 3 is 2.85 bits per heavy atom. The standard InChI is InChI=1S/C12H15N5O3/c1-6-9(19-7(2)14-6)10(18)15-12-17-16-11(20-12)8-4-3-5-13-8/h8,13H,3-5H2,1-2H3,(H,15,17,18). The van der Waals surface area contributed by atoms with Crippen molar-refractivity contribution in [1.29, 1.82) is 0 Å². The summed E-state index contributed by atoms with van der Waals surface area (Å²) in [5.41, 5.74) is 0.525. The van der Waals surface area contributed by atoms with Crippen LogP contribution < -0.4 is 10.6 Å². The third-order valence-electron chi connectivity index (χ3n) is 3.13. The summed E-state index contributed by atoms with van der Waals surface area (Å²) >= 11 is 0. The number of hydrogen-bond acceptors (Lipinski definition) is 7. The molecule has 0 aromatic carbocycles. The van der Waals surface area contributed by atoms with Gasteiger partial charge in [-0.05, 0) is 26.3 Å². The Morgan fingerprint density at radius 2 is 2.20 bits per heavy atom. The maximum Gasteiger partial charge on any atom is 0.322 e. The van der Waals surface area contributed by atoms with E-state index in [1.807, 2.05) is 0 Å². The molecule has 2 aromatic heterocycles. The van der Waals surface area contributed by atoms with Crippen LogP contribution in [-0.4, -0.2) is 27.6 Å². The SMILES string of the molecule is Cc1nc(C)c(C(=O)Nc2nnc(C3CCCN3)o2)o1. The Bertz CT molecular complexity index is 627.